The van der Waals surface area contributed by atoms with Crippen molar-refractivity contribution in [1.82, 2.24) is 0 Å². The Bertz CT molecular complexity index is 684. The fraction of sp³-hybridized carbons (Fsp3) is 0.0667. The second-order valence-electron chi connectivity index (χ2n) is 4.50. The first-order valence-corrected chi connectivity index (χ1v) is 6.57. The molecular weight excluding hydrogens is 288 g/mol. The molecule has 0 fully saturated rings. The molecule has 2 aromatic carbocycles. The molecule has 6 heteroatoms. The lowest BCUT2D eigenvalue weighted by molar-refractivity contribution is 0.102. The number of rotatable bonds is 4. The van der Waals surface area contributed by atoms with E-state index in [4.69, 9.17) is 18.0 Å². The van der Waals surface area contributed by atoms with Gasteiger partial charge in [0.1, 0.15) is 11.5 Å². The third-order valence-corrected chi connectivity index (χ3v) is 2.96. The van der Waals surface area contributed by atoms with Gasteiger partial charge in [-0.15, -0.1) is 0 Å². The van der Waals surface area contributed by atoms with Crippen LogP contribution in [0.2, 0.25) is 0 Å². The zero-order chi connectivity index (χ0) is 15.4. The van der Waals surface area contributed by atoms with Crippen molar-refractivity contribution in [3.63, 3.8) is 0 Å². The summed E-state index contributed by atoms with van der Waals surface area (Å²) in [6, 6.07) is 10.9. The molecule has 0 aliphatic carbocycles. The van der Waals surface area contributed by atoms with Crippen molar-refractivity contribution < 1.29 is 15.0 Å². The van der Waals surface area contributed by atoms with Gasteiger partial charge in [0.05, 0.1) is 10.6 Å². The van der Waals surface area contributed by atoms with Crippen molar-refractivity contribution in [2.75, 3.05) is 5.32 Å². The van der Waals surface area contributed by atoms with Crippen LogP contribution in [0.1, 0.15) is 15.9 Å². The highest BCUT2D eigenvalue weighted by Crippen LogP contribution is 2.23. The summed E-state index contributed by atoms with van der Waals surface area (Å²) in [4.78, 5) is 12.4. The van der Waals surface area contributed by atoms with Gasteiger partial charge < -0.3 is 21.3 Å². The molecule has 0 atom stereocenters. The van der Waals surface area contributed by atoms with E-state index in [1.54, 1.807) is 12.1 Å². The molecule has 5 nitrogen and oxygen atoms in total. The largest absolute Gasteiger partial charge is 0.508 e. The Morgan fingerprint density at radius 1 is 1.14 bits per heavy atom. The highest BCUT2D eigenvalue weighted by molar-refractivity contribution is 7.80. The van der Waals surface area contributed by atoms with Crippen LogP contribution in [0.15, 0.2) is 42.5 Å². The summed E-state index contributed by atoms with van der Waals surface area (Å²) in [5, 5.41) is 21.5. The SMILES string of the molecule is NC(=S)Cc1ccc(NC(=O)c2ccc(O)cc2O)cc1. The van der Waals surface area contributed by atoms with Crippen LogP contribution in [0.5, 0.6) is 11.5 Å². The van der Waals surface area contributed by atoms with E-state index in [-0.39, 0.29) is 17.1 Å². The minimum atomic E-state index is -0.463. The van der Waals surface area contributed by atoms with Gasteiger partial charge in [-0.05, 0) is 29.8 Å². The van der Waals surface area contributed by atoms with E-state index in [1.807, 2.05) is 12.1 Å². The zero-order valence-corrected chi connectivity index (χ0v) is 11.9. The first-order chi connectivity index (χ1) is 9.95. The fourth-order valence-electron chi connectivity index (χ4n) is 1.82. The summed E-state index contributed by atoms with van der Waals surface area (Å²) in [6.45, 7) is 0. The van der Waals surface area contributed by atoms with Crippen molar-refractivity contribution >= 4 is 28.8 Å². The first kappa shape index (κ1) is 14.8. The minimum Gasteiger partial charge on any atom is -0.508 e. The van der Waals surface area contributed by atoms with Gasteiger partial charge in [0.15, 0.2) is 0 Å². The fourth-order valence-corrected chi connectivity index (χ4v) is 1.98. The Kier molecular flexibility index (Phi) is 4.39. The third kappa shape index (κ3) is 3.93. The van der Waals surface area contributed by atoms with Crippen molar-refractivity contribution in [2.24, 2.45) is 5.73 Å². The summed E-state index contributed by atoms with van der Waals surface area (Å²) in [7, 11) is 0. The van der Waals surface area contributed by atoms with Crippen molar-refractivity contribution in [2.45, 2.75) is 6.42 Å². The van der Waals surface area contributed by atoms with Gasteiger partial charge in [0.25, 0.3) is 5.91 Å². The molecule has 5 N–H and O–H groups in total. The number of hydrogen-bond donors (Lipinski definition) is 4. The second-order valence-corrected chi connectivity index (χ2v) is 5.02. The van der Waals surface area contributed by atoms with E-state index < -0.39 is 5.91 Å². The lowest BCUT2D eigenvalue weighted by atomic mass is 10.1. The Morgan fingerprint density at radius 2 is 1.81 bits per heavy atom. The number of nitrogens with two attached hydrogens (primary N) is 1. The van der Waals surface area contributed by atoms with E-state index in [0.29, 0.717) is 17.1 Å². The lowest BCUT2D eigenvalue weighted by Gasteiger charge is -2.08. The highest BCUT2D eigenvalue weighted by atomic mass is 32.1. The van der Waals surface area contributed by atoms with Crippen LogP contribution in [0.25, 0.3) is 0 Å². The van der Waals surface area contributed by atoms with E-state index >= 15 is 0 Å². The van der Waals surface area contributed by atoms with Crippen molar-refractivity contribution in [3.8, 4) is 11.5 Å². The average Bonchev–Trinajstić information content (AvgIpc) is 2.40. The predicted octanol–water partition coefficient (Wildman–Crippen LogP) is 2.18. The molecule has 0 bridgehead atoms. The molecule has 0 unspecified atom stereocenters. The number of hydrogen-bond acceptors (Lipinski definition) is 4. The van der Waals surface area contributed by atoms with Gasteiger partial charge in [-0.3, -0.25) is 4.79 Å². The monoisotopic (exact) mass is 302 g/mol. The lowest BCUT2D eigenvalue weighted by Crippen LogP contribution is -2.13. The maximum Gasteiger partial charge on any atom is 0.259 e. The Morgan fingerprint density at radius 3 is 2.38 bits per heavy atom. The van der Waals surface area contributed by atoms with Gasteiger partial charge in [-0.1, -0.05) is 24.4 Å². The second kappa shape index (κ2) is 6.23. The molecule has 108 valence electrons. The van der Waals surface area contributed by atoms with E-state index in [0.717, 1.165) is 11.6 Å². The molecule has 0 aliphatic rings. The quantitative estimate of drug-likeness (QED) is 0.649. The number of nitrogens with one attached hydrogen (secondary N) is 1. The number of carbonyl (C=O) groups excluding carboxylic acids is 1. The molecule has 2 rings (SSSR count). The number of amides is 1. The van der Waals surface area contributed by atoms with Crippen LogP contribution in [-0.4, -0.2) is 21.1 Å². The summed E-state index contributed by atoms with van der Waals surface area (Å²) < 4.78 is 0. The number of aromatic hydroxyl groups is 2. The van der Waals surface area contributed by atoms with Gasteiger partial charge in [0, 0.05) is 18.2 Å². The Labute approximate surface area is 127 Å². The highest BCUT2D eigenvalue weighted by Gasteiger charge is 2.11. The maximum absolute atomic E-state index is 12.0. The van der Waals surface area contributed by atoms with Gasteiger partial charge in [-0.25, -0.2) is 0 Å². The number of thiocarbonyl (C=S) groups is 1. The molecule has 2 aromatic rings. The van der Waals surface area contributed by atoms with Crippen molar-refractivity contribution in [3.05, 3.63) is 53.6 Å². The third-order valence-electron chi connectivity index (χ3n) is 2.82. The van der Waals surface area contributed by atoms with Gasteiger partial charge >= 0.3 is 0 Å². The number of anilines is 1. The van der Waals surface area contributed by atoms with Crippen molar-refractivity contribution in [1.29, 1.82) is 0 Å². The van der Waals surface area contributed by atoms with Crippen LogP contribution in [0.3, 0.4) is 0 Å². The van der Waals surface area contributed by atoms with Gasteiger partial charge in [-0.2, -0.15) is 0 Å². The molecule has 0 heterocycles. The first-order valence-electron chi connectivity index (χ1n) is 6.16. The predicted molar refractivity (Wildman–Crippen MR) is 84.7 cm³/mol. The molecule has 21 heavy (non-hydrogen) atoms. The molecule has 0 radical (unpaired) electrons. The molecule has 0 spiro atoms. The number of benzene rings is 2. The van der Waals surface area contributed by atoms with Gasteiger partial charge in [0.2, 0.25) is 0 Å². The van der Waals surface area contributed by atoms with Crippen LogP contribution < -0.4 is 11.1 Å². The number of phenolic OH excluding ortho intramolecular Hbond substituents is 2. The summed E-state index contributed by atoms with van der Waals surface area (Å²) in [5.41, 5.74) is 7.08. The van der Waals surface area contributed by atoms with Crippen LogP contribution in [0.4, 0.5) is 5.69 Å². The topological polar surface area (TPSA) is 95.6 Å². The number of carbonyl (C=O) groups is 1. The maximum atomic E-state index is 12.0. The van der Waals surface area contributed by atoms with E-state index in [9.17, 15) is 15.0 Å². The summed E-state index contributed by atoms with van der Waals surface area (Å²) in [5.74, 6) is -0.849. The molecule has 0 saturated carbocycles. The number of phenols is 2. The molecule has 0 saturated heterocycles. The van der Waals surface area contributed by atoms with Crippen LogP contribution >= 0.6 is 12.2 Å². The molecular formula is C15H14N2O3S. The minimum absolute atomic E-state index is 0.0833. The molecule has 0 aliphatic heterocycles. The average molecular weight is 302 g/mol. The van der Waals surface area contributed by atoms with Crippen LogP contribution in [-0.2, 0) is 6.42 Å². The smallest absolute Gasteiger partial charge is 0.259 e. The van der Waals surface area contributed by atoms with Crippen LogP contribution in [0, 0.1) is 0 Å². The normalized spacial score (nSPS) is 10.1. The van der Waals surface area contributed by atoms with E-state index in [2.05, 4.69) is 5.32 Å². The van der Waals surface area contributed by atoms with E-state index in [1.165, 1.54) is 12.1 Å². The standard InChI is InChI=1S/C15H14N2O3S/c16-14(21)7-9-1-3-10(4-2-9)17-15(20)12-6-5-11(18)8-13(12)19/h1-6,8,18-19H,7H2,(H2,16,21)(H,17,20). The summed E-state index contributed by atoms with van der Waals surface area (Å²) in [6.07, 6.45) is 0.502. The Balaban J connectivity index is 2.10. The Hall–Kier alpha value is -2.60. The summed E-state index contributed by atoms with van der Waals surface area (Å²) >= 11 is 4.83. The molecule has 1 amide bonds. The molecule has 0 aromatic heterocycles. The zero-order valence-electron chi connectivity index (χ0n) is 11.0.